The number of nitrogens with one attached hydrogen (secondary N) is 1. The van der Waals surface area contributed by atoms with Gasteiger partial charge >= 0.3 is 0 Å². The van der Waals surface area contributed by atoms with E-state index in [1.165, 1.54) is 0 Å². The Labute approximate surface area is 117 Å². The third-order valence-corrected chi connectivity index (χ3v) is 3.04. The molecular formula is C15H17N5. The van der Waals surface area contributed by atoms with Crippen LogP contribution in [0.15, 0.2) is 55.0 Å². The predicted octanol–water partition coefficient (Wildman–Crippen LogP) is 2.49. The monoisotopic (exact) mass is 267 g/mol. The van der Waals surface area contributed by atoms with Crippen LogP contribution in [0.1, 0.15) is 5.69 Å². The first-order valence-electron chi connectivity index (χ1n) is 6.65. The molecule has 0 atom stereocenters. The van der Waals surface area contributed by atoms with Crippen LogP contribution >= 0.6 is 0 Å². The second-order valence-electron chi connectivity index (χ2n) is 4.61. The fourth-order valence-corrected chi connectivity index (χ4v) is 2.12. The van der Waals surface area contributed by atoms with Crippen molar-refractivity contribution in [3.05, 3.63) is 60.7 Å². The van der Waals surface area contributed by atoms with Crippen molar-refractivity contribution < 1.29 is 0 Å². The summed E-state index contributed by atoms with van der Waals surface area (Å²) in [6, 6.07) is 12.1. The Hall–Kier alpha value is -2.56. The van der Waals surface area contributed by atoms with Crippen LogP contribution in [0.4, 0.5) is 5.95 Å². The molecule has 0 aliphatic rings. The lowest BCUT2D eigenvalue weighted by Gasteiger charge is -2.09. The highest BCUT2D eigenvalue weighted by Gasteiger charge is 2.06. The van der Waals surface area contributed by atoms with Crippen LogP contribution in [0, 0.1) is 6.92 Å². The second-order valence-corrected chi connectivity index (χ2v) is 4.61. The van der Waals surface area contributed by atoms with E-state index < -0.39 is 0 Å². The predicted molar refractivity (Wildman–Crippen MR) is 79.0 cm³/mol. The number of benzene rings is 1. The molecule has 0 saturated heterocycles. The minimum Gasteiger partial charge on any atom is -0.353 e. The van der Waals surface area contributed by atoms with E-state index in [1.807, 2.05) is 48.3 Å². The molecule has 1 aromatic carbocycles. The lowest BCUT2D eigenvalue weighted by Crippen LogP contribution is -2.13. The minimum atomic E-state index is 0.783. The Kier molecular flexibility index (Phi) is 3.50. The van der Waals surface area contributed by atoms with Crippen LogP contribution in [0.2, 0.25) is 0 Å². The van der Waals surface area contributed by atoms with E-state index in [1.54, 1.807) is 6.20 Å². The van der Waals surface area contributed by atoms with Crippen molar-refractivity contribution in [2.75, 3.05) is 11.9 Å². The number of imidazole rings is 1. The molecule has 3 aromatic rings. The summed E-state index contributed by atoms with van der Waals surface area (Å²) in [7, 11) is 0. The molecule has 0 aliphatic heterocycles. The largest absolute Gasteiger partial charge is 0.353 e. The van der Waals surface area contributed by atoms with Gasteiger partial charge in [-0.1, -0.05) is 18.2 Å². The molecule has 102 valence electrons. The molecule has 1 N–H and O–H groups in total. The number of aryl methyl sites for hydroxylation is 1. The van der Waals surface area contributed by atoms with Crippen molar-refractivity contribution in [1.82, 2.24) is 19.3 Å². The number of aromatic nitrogens is 4. The quantitative estimate of drug-likeness (QED) is 0.772. The first-order valence-corrected chi connectivity index (χ1v) is 6.65. The molecule has 0 aliphatic carbocycles. The van der Waals surface area contributed by atoms with Gasteiger partial charge in [-0.3, -0.25) is 9.25 Å². The standard InChI is InChI=1S/C15H17N5/c1-13-12-20(14-6-3-2-4-7-14)15(18-13)16-9-11-19-10-5-8-17-19/h2-8,10,12H,9,11H2,1H3,(H,16,18). The molecule has 5 heteroatoms. The maximum atomic E-state index is 4.53. The SMILES string of the molecule is Cc1cn(-c2ccccc2)c(NCCn2cccn2)n1. The van der Waals surface area contributed by atoms with E-state index in [4.69, 9.17) is 0 Å². The molecule has 5 nitrogen and oxygen atoms in total. The molecule has 0 spiro atoms. The average Bonchev–Trinajstić information content (AvgIpc) is 3.10. The first-order chi connectivity index (χ1) is 9.83. The molecule has 0 fully saturated rings. The summed E-state index contributed by atoms with van der Waals surface area (Å²) in [6.45, 7) is 3.59. The summed E-state index contributed by atoms with van der Waals surface area (Å²) in [5, 5.41) is 7.54. The van der Waals surface area contributed by atoms with Crippen molar-refractivity contribution in [3.8, 4) is 5.69 Å². The fraction of sp³-hybridized carbons (Fsp3) is 0.200. The van der Waals surface area contributed by atoms with Crippen LogP contribution in [0.25, 0.3) is 5.69 Å². The summed E-state index contributed by atoms with van der Waals surface area (Å²) in [5.74, 6) is 0.862. The molecule has 0 radical (unpaired) electrons. The summed E-state index contributed by atoms with van der Waals surface area (Å²) in [6.07, 6.45) is 5.78. The first kappa shape index (κ1) is 12.5. The summed E-state index contributed by atoms with van der Waals surface area (Å²) >= 11 is 0. The highest BCUT2D eigenvalue weighted by atomic mass is 15.3. The van der Waals surface area contributed by atoms with Crippen molar-refractivity contribution in [3.63, 3.8) is 0 Å². The van der Waals surface area contributed by atoms with Crippen molar-refractivity contribution >= 4 is 5.95 Å². The number of para-hydroxylation sites is 1. The van der Waals surface area contributed by atoms with E-state index in [-0.39, 0.29) is 0 Å². The smallest absolute Gasteiger partial charge is 0.207 e. The van der Waals surface area contributed by atoms with Crippen molar-refractivity contribution in [2.24, 2.45) is 0 Å². The molecular weight excluding hydrogens is 250 g/mol. The molecule has 0 amide bonds. The van der Waals surface area contributed by atoms with E-state index >= 15 is 0 Å². The molecule has 2 aromatic heterocycles. The third kappa shape index (κ3) is 2.71. The molecule has 0 saturated carbocycles. The molecule has 0 bridgehead atoms. The Morgan fingerprint density at radius 2 is 2.00 bits per heavy atom. The van der Waals surface area contributed by atoms with Gasteiger partial charge in [0.15, 0.2) is 0 Å². The van der Waals surface area contributed by atoms with Crippen LogP contribution in [0.3, 0.4) is 0 Å². The van der Waals surface area contributed by atoms with Gasteiger partial charge in [0.05, 0.1) is 12.2 Å². The zero-order valence-electron chi connectivity index (χ0n) is 11.4. The van der Waals surface area contributed by atoms with E-state index in [2.05, 4.69) is 32.1 Å². The van der Waals surface area contributed by atoms with Gasteiger partial charge < -0.3 is 5.32 Å². The van der Waals surface area contributed by atoms with Crippen molar-refractivity contribution in [2.45, 2.75) is 13.5 Å². The van der Waals surface area contributed by atoms with Crippen LogP contribution in [-0.4, -0.2) is 25.9 Å². The number of hydrogen-bond acceptors (Lipinski definition) is 3. The van der Waals surface area contributed by atoms with Gasteiger partial charge in [-0.2, -0.15) is 5.10 Å². The summed E-state index contributed by atoms with van der Waals surface area (Å²) in [4.78, 5) is 4.53. The molecule has 2 heterocycles. The van der Waals surface area contributed by atoms with Crippen LogP contribution in [-0.2, 0) is 6.54 Å². The van der Waals surface area contributed by atoms with E-state index in [0.717, 1.165) is 30.4 Å². The Bertz CT molecular complexity index is 655. The van der Waals surface area contributed by atoms with Crippen molar-refractivity contribution in [1.29, 1.82) is 0 Å². The average molecular weight is 267 g/mol. The summed E-state index contributed by atoms with van der Waals surface area (Å²) in [5.41, 5.74) is 2.10. The number of anilines is 1. The number of nitrogens with zero attached hydrogens (tertiary/aromatic N) is 4. The number of hydrogen-bond donors (Lipinski definition) is 1. The van der Waals surface area contributed by atoms with Gasteiger partial charge in [-0.15, -0.1) is 0 Å². The lowest BCUT2D eigenvalue weighted by molar-refractivity contribution is 0.635. The third-order valence-electron chi connectivity index (χ3n) is 3.04. The van der Waals surface area contributed by atoms with Gasteiger partial charge in [0.1, 0.15) is 0 Å². The van der Waals surface area contributed by atoms with Gasteiger partial charge in [-0.05, 0) is 25.1 Å². The van der Waals surface area contributed by atoms with Gasteiger partial charge in [0.25, 0.3) is 0 Å². The minimum absolute atomic E-state index is 0.783. The zero-order chi connectivity index (χ0) is 13.8. The number of rotatable bonds is 5. The van der Waals surface area contributed by atoms with E-state index in [9.17, 15) is 0 Å². The summed E-state index contributed by atoms with van der Waals surface area (Å²) < 4.78 is 3.97. The highest BCUT2D eigenvalue weighted by Crippen LogP contribution is 2.15. The molecule has 0 unspecified atom stereocenters. The normalized spacial score (nSPS) is 10.7. The Morgan fingerprint density at radius 3 is 2.75 bits per heavy atom. The lowest BCUT2D eigenvalue weighted by atomic mass is 10.3. The maximum absolute atomic E-state index is 4.53. The molecule has 20 heavy (non-hydrogen) atoms. The zero-order valence-corrected chi connectivity index (χ0v) is 11.4. The highest BCUT2D eigenvalue weighted by molar-refractivity contribution is 5.42. The maximum Gasteiger partial charge on any atom is 0.207 e. The Balaban J connectivity index is 1.73. The van der Waals surface area contributed by atoms with Gasteiger partial charge in [0, 0.05) is 30.8 Å². The van der Waals surface area contributed by atoms with Crippen LogP contribution < -0.4 is 5.32 Å². The van der Waals surface area contributed by atoms with Gasteiger partial charge in [0.2, 0.25) is 5.95 Å². The van der Waals surface area contributed by atoms with Crippen LogP contribution in [0.5, 0.6) is 0 Å². The fourth-order valence-electron chi connectivity index (χ4n) is 2.12. The second kappa shape index (κ2) is 5.61. The van der Waals surface area contributed by atoms with E-state index in [0.29, 0.717) is 0 Å². The van der Waals surface area contributed by atoms with Gasteiger partial charge in [-0.25, -0.2) is 4.98 Å². The Morgan fingerprint density at radius 1 is 1.15 bits per heavy atom. The molecule has 3 rings (SSSR count). The topological polar surface area (TPSA) is 47.7 Å².